The normalized spacial score (nSPS) is 15.0. The summed E-state index contributed by atoms with van der Waals surface area (Å²) in [5.41, 5.74) is -0.179. The van der Waals surface area contributed by atoms with Crippen molar-refractivity contribution in [2.24, 2.45) is 4.99 Å². The molecule has 0 bridgehead atoms. The van der Waals surface area contributed by atoms with Crippen LogP contribution in [0.3, 0.4) is 0 Å². The van der Waals surface area contributed by atoms with Crippen molar-refractivity contribution in [2.45, 2.75) is 6.92 Å². The molecule has 0 aromatic heterocycles. The van der Waals surface area contributed by atoms with Gasteiger partial charge in [0.25, 0.3) is 5.91 Å². The van der Waals surface area contributed by atoms with Gasteiger partial charge in [0.15, 0.2) is 0 Å². The Balaban J connectivity index is 2.29. The average molecular weight is 372 g/mol. The Morgan fingerprint density at radius 3 is 2.41 bits per heavy atom. The van der Waals surface area contributed by atoms with E-state index in [0.717, 1.165) is 12.2 Å². The molecule has 9 nitrogen and oxygen atoms in total. The van der Waals surface area contributed by atoms with E-state index in [-0.39, 0.29) is 29.1 Å². The third-order valence-electron chi connectivity index (χ3n) is 3.37. The highest BCUT2D eigenvalue weighted by molar-refractivity contribution is 6.55. The number of allylic oxidation sites excluding steroid dienone is 2. The van der Waals surface area contributed by atoms with E-state index in [1.807, 2.05) is 0 Å². The number of hydrogen-bond acceptors (Lipinski definition) is 7. The largest absolute Gasteiger partial charge is 0.507 e. The van der Waals surface area contributed by atoms with Crippen LogP contribution in [0.1, 0.15) is 17.3 Å². The first-order valence-electron chi connectivity index (χ1n) is 7.85. The van der Waals surface area contributed by atoms with E-state index >= 15 is 0 Å². The number of carbonyl (C=O) groups excluding carboxylic acids is 3. The molecule has 1 aliphatic rings. The number of aliphatic hydroxyl groups excluding tert-OH is 1. The number of aliphatic imine (C=N–C) groups is 1. The zero-order chi connectivity index (χ0) is 20.0. The van der Waals surface area contributed by atoms with Crippen LogP contribution in [0.25, 0.3) is 0 Å². The number of rotatable bonds is 6. The third kappa shape index (κ3) is 4.88. The van der Waals surface area contributed by atoms with Gasteiger partial charge in [0.05, 0.1) is 12.3 Å². The topological polar surface area (TPSA) is 142 Å². The number of aliphatic hydroxyl groups is 1. The fraction of sp³-hybridized carbons (Fsp3) is 0.167. The zero-order valence-corrected chi connectivity index (χ0v) is 14.3. The van der Waals surface area contributed by atoms with Crippen LogP contribution in [0.4, 0.5) is 5.69 Å². The Morgan fingerprint density at radius 1 is 1.15 bits per heavy atom. The molecule has 0 heterocycles. The zero-order valence-electron chi connectivity index (χ0n) is 14.3. The maximum Gasteiger partial charge on any atom is 0.344 e. The number of amides is 1. The number of nitrogens with zero attached hydrogens (tertiary/aromatic N) is 1. The number of carbonyl (C=O) groups is 4. The Labute approximate surface area is 153 Å². The lowest BCUT2D eigenvalue weighted by molar-refractivity contribution is -0.138. The predicted molar refractivity (Wildman–Crippen MR) is 93.9 cm³/mol. The second-order valence-electron chi connectivity index (χ2n) is 5.26. The summed E-state index contributed by atoms with van der Waals surface area (Å²) < 4.78 is 4.84. The van der Waals surface area contributed by atoms with Crippen LogP contribution in [0, 0.1) is 0 Å². The van der Waals surface area contributed by atoms with Crippen molar-refractivity contribution >= 4 is 35.0 Å². The minimum Gasteiger partial charge on any atom is -0.507 e. The highest BCUT2D eigenvalue weighted by Crippen LogP contribution is 2.20. The molecule has 0 fully saturated rings. The number of carboxylic acid groups (broad SMARTS) is 1. The van der Waals surface area contributed by atoms with Gasteiger partial charge in [-0.05, 0) is 43.3 Å². The predicted octanol–water partition coefficient (Wildman–Crippen LogP) is 1.09. The lowest BCUT2D eigenvalue weighted by Gasteiger charge is -2.12. The van der Waals surface area contributed by atoms with Crippen LogP contribution in [0.5, 0.6) is 0 Å². The Kier molecular flexibility index (Phi) is 6.21. The molecule has 0 aliphatic heterocycles. The molecule has 0 unspecified atom stereocenters. The standard InChI is InChI=1S/C18H16N2O7/c1-2-27-18(26)15-12(21)7-8-13(22)16(15)20-11-5-3-10(4-6-11)17(25)19-9-14(23)24/h3-8,21H,2,9H2,1H3,(H,19,25)(H,23,24). The summed E-state index contributed by atoms with van der Waals surface area (Å²) in [6.45, 7) is 1.12. The number of esters is 1. The van der Waals surface area contributed by atoms with Gasteiger partial charge in [-0.3, -0.25) is 14.4 Å². The minimum atomic E-state index is -1.17. The van der Waals surface area contributed by atoms with Gasteiger partial charge in [0.2, 0.25) is 5.78 Å². The molecule has 3 N–H and O–H groups in total. The third-order valence-corrected chi connectivity index (χ3v) is 3.37. The molecule has 1 amide bonds. The number of aliphatic carboxylic acids is 1. The maximum absolute atomic E-state index is 12.1. The van der Waals surface area contributed by atoms with E-state index in [1.165, 1.54) is 24.3 Å². The molecular formula is C18H16N2O7. The fourth-order valence-electron chi connectivity index (χ4n) is 2.15. The molecule has 9 heteroatoms. The van der Waals surface area contributed by atoms with Crippen molar-refractivity contribution in [2.75, 3.05) is 13.2 Å². The molecule has 1 aliphatic carbocycles. The quantitative estimate of drug-likeness (QED) is 0.501. The molecule has 1 aromatic carbocycles. The van der Waals surface area contributed by atoms with Gasteiger partial charge in [-0.2, -0.15) is 0 Å². The average Bonchev–Trinajstić information content (AvgIpc) is 2.63. The number of carboxylic acids is 1. The Bertz CT molecular complexity index is 879. The van der Waals surface area contributed by atoms with Crippen LogP contribution in [0.15, 0.2) is 52.7 Å². The van der Waals surface area contributed by atoms with Crippen molar-refractivity contribution in [1.82, 2.24) is 5.32 Å². The molecule has 1 aromatic rings. The first kappa shape index (κ1) is 19.6. The van der Waals surface area contributed by atoms with Crippen LogP contribution in [-0.4, -0.2) is 52.7 Å². The molecule has 0 saturated carbocycles. The van der Waals surface area contributed by atoms with Crippen molar-refractivity contribution in [1.29, 1.82) is 0 Å². The van der Waals surface area contributed by atoms with Gasteiger partial charge in [0, 0.05) is 5.56 Å². The van der Waals surface area contributed by atoms with E-state index in [0.29, 0.717) is 0 Å². The lowest BCUT2D eigenvalue weighted by atomic mass is 9.99. The summed E-state index contributed by atoms with van der Waals surface area (Å²) in [7, 11) is 0. The number of ether oxygens (including phenoxy) is 1. The molecule has 2 rings (SSSR count). The number of nitrogens with one attached hydrogen (secondary N) is 1. The van der Waals surface area contributed by atoms with Crippen molar-refractivity contribution < 1.29 is 34.1 Å². The smallest absolute Gasteiger partial charge is 0.344 e. The van der Waals surface area contributed by atoms with Gasteiger partial charge < -0.3 is 20.3 Å². The Hall–Kier alpha value is -3.75. The summed E-state index contributed by atoms with van der Waals surface area (Å²) in [4.78, 5) is 50.4. The van der Waals surface area contributed by atoms with Crippen molar-refractivity contribution in [3.05, 3.63) is 53.3 Å². The van der Waals surface area contributed by atoms with Gasteiger partial charge >= 0.3 is 11.9 Å². The molecule has 27 heavy (non-hydrogen) atoms. The monoisotopic (exact) mass is 372 g/mol. The molecule has 0 spiro atoms. The summed E-state index contributed by atoms with van der Waals surface area (Å²) in [6.07, 6.45) is 2.16. The van der Waals surface area contributed by atoms with E-state index in [2.05, 4.69) is 10.3 Å². The molecular weight excluding hydrogens is 356 g/mol. The summed E-state index contributed by atoms with van der Waals surface area (Å²) in [5, 5.41) is 20.7. The fourth-order valence-corrected chi connectivity index (χ4v) is 2.15. The first-order valence-corrected chi connectivity index (χ1v) is 7.85. The summed E-state index contributed by atoms with van der Waals surface area (Å²) >= 11 is 0. The van der Waals surface area contributed by atoms with E-state index in [4.69, 9.17) is 9.84 Å². The summed E-state index contributed by atoms with van der Waals surface area (Å²) in [6, 6.07) is 5.59. The van der Waals surface area contributed by atoms with E-state index < -0.39 is 35.9 Å². The van der Waals surface area contributed by atoms with Gasteiger partial charge in [-0.25, -0.2) is 9.79 Å². The van der Waals surface area contributed by atoms with Crippen LogP contribution < -0.4 is 5.32 Å². The lowest BCUT2D eigenvalue weighted by Crippen LogP contribution is -2.29. The molecule has 0 radical (unpaired) electrons. The van der Waals surface area contributed by atoms with Gasteiger partial charge in [0.1, 0.15) is 23.6 Å². The second-order valence-corrected chi connectivity index (χ2v) is 5.26. The van der Waals surface area contributed by atoms with Gasteiger partial charge in [-0.15, -0.1) is 0 Å². The molecule has 0 atom stereocenters. The molecule has 140 valence electrons. The SMILES string of the molecule is CCOC(=O)C1=C(O)C=CC(=O)C1=Nc1ccc(C(=O)NCC(=O)O)cc1. The maximum atomic E-state index is 12.1. The number of hydrogen-bond donors (Lipinski definition) is 3. The highest BCUT2D eigenvalue weighted by atomic mass is 16.5. The van der Waals surface area contributed by atoms with Crippen LogP contribution in [-0.2, 0) is 19.1 Å². The van der Waals surface area contributed by atoms with E-state index in [1.54, 1.807) is 6.92 Å². The number of benzene rings is 1. The van der Waals surface area contributed by atoms with Gasteiger partial charge in [-0.1, -0.05) is 0 Å². The highest BCUT2D eigenvalue weighted by Gasteiger charge is 2.29. The minimum absolute atomic E-state index is 0.0565. The molecule has 0 saturated heterocycles. The second kappa shape index (κ2) is 8.56. The number of ketones is 1. The van der Waals surface area contributed by atoms with Crippen LogP contribution >= 0.6 is 0 Å². The van der Waals surface area contributed by atoms with Crippen molar-refractivity contribution in [3.8, 4) is 0 Å². The van der Waals surface area contributed by atoms with Crippen LogP contribution in [0.2, 0.25) is 0 Å². The summed E-state index contributed by atoms with van der Waals surface area (Å²) in [5.74, 6) is -3.65. The van der Waals surface area contributed by atoms with Crippen molar-refractivity contribution in [3.63, 3.8) is 0 Å². The first-order chi connectivity index (χ1) is 12.8. The Morgan fingerprint density at radius 2 is 1.81 bits per heavy atom. The van der Waals surface area contributed by atoms with E-state index in [9.17, 15) is 24.3 Å².